The number of anilines is 1. The molecule has 28 heavy (non-hydrogen) atoms. The zero-order chi connectivity index (χ0) is 19.3. The predicted octanol–water partition coefficient (Wildman–Crippen LogP) is 3.57. The molecule has 3 N–H and O–H groups in total. The summed E-state index contributed by atoms with van der Waals surface area (Å²) in [6.45, 7) is 1.12. The standard InChI is InChI=1S/C19H21ClFN3O3.ClH/c20-15-16-12(18(25)13(19(26)27)9-24(16)11-4-5-11)7-14(21)17(15)23-6-2-1-3-10(22)8-23;/h7,9-11H,1-6,8,22H2,(H,26,27);1H/t10-;/m1./s1. The fourth-order valence-corrected chi connectivity index (χ4v) is 4.30. The van der Waals surface area contributed by atoms with Crippen LogP contribution in [0.2, 0.25) is 5.02 Å². The maximum atomic E-state index is 15.0. The van der Waals surface area contributed by atoms with Crippen LogP contribution in [0, 0.1) is 5.82 Å². The zero-order valence-corrected chi connectivity index (χ0v) is 16.7. The lowest BCUT2D eigenvalue weighted by molar-refractivity contribution is 0.0695. The Bertz CT molecular complexity index is 991. The maximum Gasteiger partial charge on any atom is 0.341 e. The van der Waals surface area contributed by atoms with Gasteiger partial charge in [0.2, 0.25) is 5.43 Å². The van der Waals surface area contributed by atoms with Crippen LogP contribution in [-0.2, 0) is 0 Å². The number of aromatic nitrogens is 1. The molecular weight excluding hydrogens is 408 g/mol. The molecule has 0 radical (unpaired) electrons. The van der Waals surface area contributed by atoms with E-state index in [1.165, 1.54) is 6.20 Å². The van der Waals surface area contributed by atoms with E-state index in [4.69, 9.17) is 17.3 Å². The minimum absolute atomic E-state index is 0. The second-order valence-corrected chi connectivity index (χ2v) is 7.81. The molecule has 6 nitrogen and oxygen atoms in total. The molecule has 2 aromatic rings. The first-order valence-electron chi connectivity index (χ1n) is 9.19. The largest absolute Gasteiger partial charge is 0.477 e. The van der Waals surface area contributed by atoms with E-state index in [0.29, 0.717) is 18.6 Å². The molecule has 1 aliphatic carbocycles. The van der Waals surface area contributed by atoms with E-state index in [0.717, 1.165) is 38.2 Å². The number of nitrogens with two attached hydrogens (primary N) is 1. The molecule has 1 saturated carbocycles. The van der Waals surface area contributed by atoms with Gasteiger partial charge in [0.05, 0.1) is 21.6 Å². The molecule has 0 amide bonds. The number of hydrogen-bond acceptors (Lipinski definition) is 4. The summed E-state index contributed by atoms with van der Waals surface area (Å²) in [7, 11) is 0. The highest BCUT2D eigenvalue weighted by Crippen LogP contribution is 2.42. The second kappa shape index (κ2) is 7.89. The molecule has 0 unspecified atom stereocenters. The number of nitrogens with zero attached hydrogens (tertiary/aromatic N) is 2. The van der Waals surface area contributed by atoms with Crippen LogP contribution in [0.5, 0.6) is 0 Å². The van der Waals surface area contributed by atoms with E-state index in [1.54, 1.807) is 4.57 Å². The van der Waals surface area contributed by atoms with Crippen LogP contribution in [0.25, 0.3) is 10.9 Å². The first-order valence-corrected chi connectivity index (χ1v) is 9.57. The molecule has 2 heterocycles. The molecule has 1 atom stereocenters. The number of fused-ring (bicyclic) bond motifs is 1. The number of benzene rings is 1. The van der Waals surface area contributed by atoms with Gasteiger partial charge in [-0.15, -0.1) is 12.4 Å². The van der Waals surface area contributed by atoms with Gasteiger partial charge < -0.3 is 20.3 Å². The SMILES string of the molecule is Cl.N[C@@H]1CCCCN(c2c(F)cc3c(=O)c(C(=O)O)cn(C4CC4)c3c2Cl)C1. The van der Waals surface area contributed by atoms with Gasteiger partial charge in [-0.25, -0.2) is 9.18 Å². The molecule has 1 aromatic heterocycles. The number of hydrogen-bond donors (Lipinski definition) is 2. The van der Waals surface area contributed by atoms with Crippen LogP contribution >= 0.6 is 24.0 Å². The normalized spacial score (nSPS) is 20.0. The molecule has 9 heteroatoms. The number of carboxylic acid groups (broad SMARTS) is 1. The van der Waals surface area contributed by atoms with Gasteiger partial charge in [0.15, 0.2) is 0 Å². The third-order valence-corrected chi connectivity index (χ3v) is 5.74. The van der Waals surface area contributed by atoms with E-state index in [1.807, 2.05) is 4.90 Å². The van der Waals surface area contributed by atoms with Gasteiger partial charge in [0, 0.05) is 31.4 Å². The van der Waals surface area contributed by atoms with Crippen molar-refractivity contribution < 1.29 is 14.3 Å². The first-order chi connectivity index (χ1) is 12.9. The number of carbonyl (C=O) groups is 1. The molecule has 1 aliphatic heterocycles. The lowest BCUT2D eigenvalue weighted by atomic mass is 10.1. The Morgan fingerprint density at radius 2 is 2.00 bits per heavy atom. The van der Waals surface area contributed by atoms with Crippen molar-refractivity contribution in [2.45, 2.75) is 44.2 Å². The average Bonchev–Trinajstić information content (AvgIpc) is 3.44. The Morgan fingerprint density at radius 3 is 2.64 bits per heavy atom. The summed E-state index contributed by atoms with van der Waals surface area (Å²) in [4.78, 5) is 25.9. The van der Waals surface area contributed by atoms with Crippen LogP contribution in [0.15, 0.2) is 17.1 Å². The summed E-state index contributed by atoms with van der Waals surface area (Å²) in [6, 6.07) is 1.13. The highest BCUT2D eigenvalue weighted by atomic mass is 35.5. The van der Waals surface area contributed by atoms with Crippen molar-refractivity contribution in [1.82, 2.24) is 4.57 Å². The quantitative estimate of drug-likeness (QED) is 0.778. The van der Waals surface area contributed by atoms with Crippen LogP contribution < -0.4 is 16.1 Å². The predicted molar refractivity (Wildman–Crippen MR) is 110 cm³/mol. The minimum Gasteiger partial charge on any atom is -0.477 e. The fraction of sp³-hybridized carbons (Fsp3) is 0.474. The van der Waals surface area contributed by atoms with Crippen molar-refractivity contribution in [2.75, 3.05) is 18.0 Å². The number of halogens is 3. The lowest BCUT2D eigenvalue weighted by Crippen LogP contribution is -2.36. The number of pyridine rings is 1. The highest BCUT2D eigenvalue weighted by Gasteiger charge is 2.30. The smallest absolute Gasteiger partial charge is 0.341 e. The summed E-state index contributed by atoms with van der Waals surface area (Å²) in [5, 5.41) is 9.51. The maximum absolute atomic E-state index is 15.0. The summed E-state index contributed by atoms with van der Waals surface area (Å²) < 4.78 is 16.7. The van der Waals surface area contributed by atoms with E-state index < -0.39 is 17.2 Å². The Labute approximate surface area is 172 Å². The molecule has 0 spiro atoms. The van der Waals surface area contributed by atoms with E-state index >= 15 is 4.39 Å². The lowest BCUT2D eigenvalue weighted by Gasteiger charge is -2.27. The highest BCUT2D eigenvalue weighted by molar-refractivity contribution is 6.38. The van der Waals surface area contributed by atoms with Gasteiger partial charge >= 0.3 is 5.97 Å². The minimum atomic E-state index is -1.32. The van der Waals surface area contributed by atoms with Crippen molar-refractivity contribution in [2.24, 2.45) is 5.73 Å². The molecule has 4 rings (SSSR count). The van der Waals surface area contributed by atoms with Crippen molar-refractivity contribution in [3.63, 3.8) is 0 Å². The molecule has 1 saturated heterocycles. The molecule has 0 bridgehead atoms. The Balaban J connectivity index is 0.00000225. The topological polar surface area (TPSA) is 88.6 Å². The average molecular weight is 430 g/mol. The van der Waals surface area contributed by atoms with Gasteiger partial charge in [0.1, 0.15) is 11.4 Å². The van der Waals surface area contributed by atoms with Crippen molar-refractivity contribution in [3.8, 4) is 0 Å². The van der Waals surface area contributed by atoms with Crippen LogP contribution in [0.4, 0.5) is 10.1 Å². The first kappa shape index (κ1) is 20.9. The molecule has 152 valence electrons. The van der Waals surface area contributed by atoms with E-state index in [9.17, 15) is 14.7 Å². The Morgan fingerprint density at radius 1 is 1.29 bits per heavy atom. The van der Waals surface area contributed by atoms with Gasteiger partial charge in [-0.1, -0.05) is 18.0 Å². The number of aromatic carboxylic acids is 1. The monoisotopic (exact) mass is 429 g/mol. The van der Waals surface area contributed by atoms with Gasteiger partial charge in [-0.3, -0.25) is 4.79 Å². The van der Waals surface area contributed by atoms with Crippen molar-refractivity contribution in [3.05, 3.63) is 38.9 Å². The molecule has 2 aliphatic rings. The van der Waals surface area contributed by atoms with Gasteiger partial charge in [0.25, 0.3) is 0 Å². The van der Waals surface area contributed by atoms with Crippen molar-refractivity contribution in [1.29, 1.82) is 0 Å². The summed E-state index contributed by atoms with van der Waals surface area (Å²) in [6.07, 6.45) is 5.81. The van der Waals surface area contributed by atoms with Gasteiger partial charge in [-0.05, 0) is 31.7 Å². The van der Waals surface area contributed by atoms with Crippen molar-refractivity contribution >= 4 is 46.6 Å². The number of carboxylic acids is 1. The fourth-order valence-electron chi connectivity index (χ4n) is 3.89. The van der Waals surface area contributed by atoms with Crippen LogP contribution in [0.3, 0.4) is 0 Å². The molecule has 2 fully saturated rings. The summed E-state index contributed by atoms with van der Waals surface area (Å²) >= 11 is 6.63. The summed E-state index contributed by atoms with van der Waals surface area (Å²) in [5.74, 6) is -1.95. The van der Waals surface area contributed by atoms with Gasteiger partial charge in [-0.2, -0.15) is 0 Å². The molecule has 1 aromatic carbocycles. The zero-order valence-electron chi connectivity index (χ0n) is 15.2. The third kappa shape index (κ3) is 3.58. The second-order valence-electron chi connectivity index (χ2n) is 7.43. The molecular formula is C19H22Cl2FN3O3. The number of rotatable bonds is 3. The van der Waals surface area contributed by atoms with Crippen LogP contribution in [-0.4, -0.2) is 34.8 Å². The van der Waals surface area contributed by atoms with E-state index in [2.05, 4.69) is 0 Å². The Kier molecular flexibility index (Phi) is 5.89. The van der Waals surface area contributed by atoms with Crippen LogP contribution in [0.1, 0.15) is 48.5 Å². The Hall–Kier alpha value is -1.83. The van der Waals surface area contributed by atoms with E-state index in [-0.39, 0.29) is 46.2 Å². The third-order valence-electron chi connectivity index (χ3n) is 5.38. The summed E-state index contributed by atoms with van der Waals surface area (Å²) in [5.41, 5.74) is 5.69.